The molecule has 0 radical (unpaired) electrons. The maximum Gasteiger partial charge on any atom is 0.0270 e. The molecule has 0 bridgehead atoms. The number of allylic oxidation sites excluding steroid dienone is 2. The van der Waals surface area contributed by atoms with Crippen LogP contribution in [0.2, 0.25) is 0 Å². The third-order valence-corrected chi connectivity index (χ3v) is 8.96. The van der Waals surface area contributed by atoms with Crippen molar-refractivity contribution >= 4 is 0 Å². The Morgan fingerprint density at radius 3 is 2.50 bits per heavy atom. The Kier molecular flexibility index (Phi) is 12.0. The monoisotopic (exact) mass is 467 g/mol. The number of hydrogen-bond donors (Lipinski definition) is 0. The van der Waals surface area contributed by atoms with E-state index in [0.29, 0.717) is 16.7 Å². The van der Waals surface area contributed by atoms with Crippen molar-refractivity contribution in [2.24, 2.45) is 16.7 Å². The van der Waals surface area contributed by atoms with Crippen LogP contribution in [0.5, 0.6) is 0 Å². The molecule has 0 aromatic carbocycles. The second-order valence-corrected chi connectivity index (χ2v) is 11.5. The molecule has 0 saturated carbocycles. The van der Waals surface area contributed by atoms with Crippen LogP contribution in [-0.4, -0.2) is 54.6 Å². The molecule has 0 N–H and O–H groups in total. The van der Waals surface area contributed by atoms with Crippen molar-refractivity contribution in [2.45, 2.75) is 85.5 Å². The molecule has 1 unspecified atom stereocenters. The van der Waals surface area contributed by atoms with Gasteiger partial charge in [-0.2, -0.15) is 0 Å². The first-order chi connectivity index (χ1) is 16.2. The summed E-state index contributed by atoms with van der Waals surface area (Å²) in [5.74, 6) is 0.430. The third kappa shape index (κ3) is 9.30. The highest BCUT2D eigenvalue weighted by Gasteiger charge is 2.34. The summed E-state index contributed by atoms with van der Waals surface area (Å²) in [6.45, 7) is 23.8. The molecule has 1 aliphatic rings. The fourth-order valence-corrected chi connectivity index (χ4v) is 5.47. The molecule has 1 aliphatic heterocycles. The molecular weight excluding hydrogens is 414 g/mol. The number of nitrogens with zero attached hydrogens (tertiary/aromatic N) is 3. The second-order valence-electron chi connectivity index (χ2n) is 11.5. The Bertz CT molecular complexity index is 719. The van der Waals surface area contributed by atoms with Gasteiger partial charge in [0.05, 0.1) is 0 Å². The number of rotatable bonds is 16. The van der Waals surface area contributed by atoms with E-state index >= 15 is 0 Å². The van der Waals surface area contributed by atoms with Gasteiger partial charge in [-0.3, -0.25) is 4.98 Å². The Morgan fingerprint density at radius 1 is 1.24 bits per heavy atom. The summed E-state index contributed by atoms with van der Waals surface area (Å²) >= 11 is 0. The summed E-state index contributed by atoms with van der Waals surface area (Å²) in [6.07, 6.45) is 17.2. The van der Waals surface area contributed by atoms with Crippen LogP contribution in [0, 0.1) is 16.7 Å². The predicted octanol–water partition coefficient (Wildman–Crippen LogP) is 7.40. The molecule has 0 amide bonds. The maximum absolute atomic E-state index is 4.30. The van der Waals surface area contributed by atoms with Gasteiger partial charge in [-0.15, -0.1) is 6.58 Å². The van der Waals surface area contributed by atoms with Gasteiger partial charge in [0.25, 0.3) is 0 Å². The van der Waals surface area contributed by atoms with Crippen molar-refractivity contribution in [1.29, 1.82) is 0 Å². The fraction of sp³-hybridized carbons (Fsp3) is 0.710. The Labute approximate surface area is 211 Å². The van der Waals surface area contributed by atoms with E-state index in [1.165, 1.54) is 88.8 Å². The normalized spacial score (nSPS) is 19.0. The van der Waals surface area contributed by atoms with Gasteiger partial charge in [-0.05, 0) is 112 Å². The highest BCUT2D eigenvalue weighted by Crippen LogP contribution is 2.37. The van der Waals surface area contributed by atoms with Gasteiger partial charge in [0, 0.05) is 25.5 Å². The summed E-state index contributed by atoms with van der Waals surface area (Å²) in [5.41, 5.74) is 3.66. The van der Waals surface area contributed by atoms with Crippen molar-refractivity contribution < 1.29 is 0 Å². The van der Waals surface area contributed by atoms with Crippen LogP contribution in [0.4, 0.5) is 0 Å². The van der Waals surface area contributed by atoms with E-state index < -0.39 is 0 Å². The Morgan fingerprint density at radius 2 is 1.91 bits per heavy atom. The average molecular weight is 468 g/mol. The first-order valence-corrected chi connectivity index (χ1v) is 13.8. The standard InChI is InChI=1S/C31H53N3/c1-8-27(4)28(5)12-17-30(6,9-2)16-11-22-33(7)26-31(10-3)18-24-34(25-19-31)23-15-29-13-20-32-21-14-29/h8,13-14,20-21,27H,1,5,9-12,15-19,22-26H2,2-4,6-7H3/t27?,30-/m1/s1. The van der Waals surface area contributed by atoms with E-state index in [9.17, 15) is 0 Å². The van der Waals surface area contributed by atoms with Gasteiger partial charge in [-0.25, -0.2) is 0 Å². The lowest BCUT2D eigenvalue weighted by molar-refractivity contribution is 0.0648. The van der Waals surface area contributed by atoms with Crippen LogP contribution in [0.15, 0.2) is 49.3 Å². The largest absolute Gasteiger partial charge is 0.306 e. The summed E-state index contributed by atoms with van der Waals surface area (Å²) in [4.78, 5) is 9.44. The Balaban J connectivity index is 1.73. The van der Waals surface area contributed by atoms with Crippen LogP contribution in [0.3, 0.4) is 0 Å². The summed E-state index contributed by atoms with van der Waals surface area (Å²) in [7, 11) is 2.35. The zero-order valence-corrected chi connectivity index (χ0v) is 23.1. The van der Waals surface area contributed by atoms with Crippen LogP contribution in [0.25, 0.3) is 0 Å². The molecule has 1 aromatic rings. The number of pyridine rings is 1. The Hall–Kier alpha value is -1.45. The summed E-state index contributed by atoms with van der Waals surface area (Å²) in [5, 5.41) is 0. The molecule has 1 saturated heterocycles. The lowest BCUT2D eigenvalue weighted by atomic mass is 9.75. The number of likely N-dealkylation sites (tertiary alicyclic amines) is 1. The number of piperidine rings is 1. The van der Waals surface area contributed by atoms with Crippen LogP contribution in [0.1, 0.15) is 84.6 Å². The smallest absolute Gasteiger partial charge is 0.0270 e. The van der Waals surface area contributed by atoms with E-state index in [2.05, 4.69) is 74.8 Å². The lowest BCUT2D eigenvalue weighted by Gasteiger charge is -2.43. The summed E-state index contributed by atoms with van der Waals surface area (Å²) < 4.78 is 0. The first-order valence-electron chi connectivity index (χ1n) is 13.8. The van der Waals surface area contributed by atoms with Gasteiger partial charge >= 0.3 is 0 Å². The van der Waals surface area contributed by atoms with E-state index in [0.717, 1.165) is 12.8 Å². The molecule has 1 aromatic heterocycles. The average Bonchev–Trinajstić information content (AvgIpc) is 2.87. The van der Waals surface area contributed by atoms with Crippen molar-refractivity contribution in [3.05, 3.63) is 54.9 Å². The second kappa shape index (κ2) is 14.2. The van der Waals surface area contributed by atoms with Crippen molar-refractivity contribution in [3.8, 4) is 0 Å². The van der Waals surface area contributed by atoms with Gasteiger partial charge in [0.15, 0.2) is 0 Å². The third-order valence-electron chi connectivity index (χ3n) is 8.96. The molecule has 0 spiro atoms. The number of hydrogen-bond acceptors (Lipinski definition) is 3. The molecule has 2 heterocycles. The minimum Gasteiger partial charge on any atom is -0.306 e. The highest BCUT2D eigenvalue weighted by atomic mass is 15.1. The molecule has 0 aliphatic carbocycles. The van der Waals surface area contributed by atoms with Gasteiger partial charge < -0.3 is 9.80 Å². The van der Waals surface area contributed by atoms with Crippen molar-refractivity contribution in [3.63, 3.8) is 0 Å². The van der Waals surface area contributed by atoms with E-state index in [1.807, 2.05) is 18.5 Å². The molecular formula is C31H53N3. The van der Waals surface area contributed by atoms with Crippen molar-refractivity contribution in [2.75, 3.05) is 39.8 Å². The predicted molar refractivity (Wildman–Crippen MR) is 149 cm³/mol. The highest BCUT2D eigenvalue weighted by molar-refractivity contribution is 5.10. The van der Waals surface area contributed by atoms with Gasteiger partial charge in [-0.1, -0.05) is 52.3 Å². The molecule has 34 heavy (non-hydrogen) atoms. The molecule has 1 fully saturated rings. The molecule has 192 valence electrons. The van der Waals surface area contributed by atoms with E-state index in [-0.39, 0.29) is 0 Å². The van der Waals surface area contributed by atoms with E-state index in [4.69, 9.17) is 0 Å². The minimum atomic E-state index is 0.424. The zero-order valence-electron chi connectivity index (χ0n) is 23.1. The topological polar surface area (TPSA) is 19.4 Å². The van der Waals surface area contributed by atoms with Crippen LogP contribution in [-0.2, 0) is 6.42 Å². The molecule has 3 heteroatoms. The lowest BCUT2D eigenvalue weighted by Crippen LogP contribution is -2.46. The van der Waals surface area contributed by atoms with E-state index in [1.54, 1.807) is 0 Å². The minimum absolute atomic E-state index is 0.424. The van der Waals surface area contributed by atoms with Gasteiger partial charge in [0.1, 0.15) is 0 Å². The van der Waals surface area contributed by atoms with Gasteiger partial charge in [0.2, 0.25) is 0 Å². The van der Waals surface area contributed by atoms with Crippen molar-refractivity contribution in [1.82, 2.24) is 14.8 Å². The van der Waals surface area contributed by atoms with Crippen LogP contribution < -0.4 is 0 Å². The zero-order chi connectivity index (χ0) is 25.0. The molecule has 2 atom stereocenters. The molecule has 2 rings (SSSR count). The summed E-state index contributed by atoms with van der Waals surface area (Å²) in [6, 6.07) is 4.30. The SMILES string of the molecule is C=CC(C)C(=C)CC[C@](C)(CC)CCCN(C)CC1(CC)CCN(CCc2ccncc2)CC1. The molecule has 3 nitrogen and oxygen atoms in total. The quantitative estimate of drug-likeness (QED) is 0.236. The maximum atomic E-state index is 4.30. The number of aromatic nitrogens is 1. The first kappa shape index (κ1) is 28.8. The van der Waals surface area contributed by atoms with Crippen LogP contribution >= 0.6 is 0 Å². The fourth-order valence-electron chi connectivity index (χ4n) is 5.47.